The Morgan fingerprint density at radius 2 is 2.29 bits per heavy atom. The Hall–Kier alpha value is -1.17. The van der Waals surface area contributed by atoms with Gasteiger partial charge in [0.2, 0.25) is 0 Å². The van der Waals surface area contributed by atoms with Gasteiger partial charge in [0.15, 0.2) is 0 Å². The van der Waals surface area contributed by atoms with Crippen LogP contribution >= 0.6 is 0 Å². The maximum Gasteiger partial charge on any atom is 0.122 e. The normalized spacial score (nSPS) is 26.2. The molecule has 1 saturated carbocycles. The third-order valence-electron chi connectivity index (χ3n) is 6.02. The van der Waals surface area contributed by atoms with Gasteiger partial charge in [-0.3, -0.25) is 4.90 Å². The molecule has 1 aromatic rings. The summed E-state index contributed by atoms with van der Waals surface area (Å²) in [7, 11) is 3.98. The SMILES string of the molecule is CN(Cc1nccn1C)CC(O)COCC1=CCC2CC1C2(C)C. The van der Waals surface area contributed by atoms with Gasteiger partial charge in [0.1, 0.15) is 5.82 Å². The van der Waals surface area contributed by atoms with Gasteiger partial charge in [-0.1, -0.05) is 19.9 Å². The summed E-state index contributed by atoms with van der Waals surface area (Å²) < 4.78 is 7.82. The molecule has 134 valence electrons. The van der Waals surface area contributed by atoms with Gasteiger partial charge in [-0.25, -0.2) is 4.98 Å². The molecule has 0 amide bonds. The molecular formula is C19H31N3O2. The molecular weight excluding hydrogens is 302 g/mol. The fourth-order valence-electron chi connectivity index (χ4n) is 4.22. The van der Waals surface area contributed by atoms with E-state index >= 15 is 0 Å². The first kappa shape index (κ1) is 17.6. The Labute approximate surface area is 145 Å². The van der Waals surface area contributed by atoms with Crippen LogP contribution in [0.5, 0.6) is 0 Å². The number of ether oxygens (including phenoxy) is 1. The molecule has 5 nitrogen and oxygen atoms in total. The topological polar surface area (TPSA) is 50.5 Å². The summed E-state index contributed by atoms with van der Waals surface area (Å²) in [5, 5.41) is 10.2. The molecule has 1 N–H and O–H groups in total. The van der Waals surface area contributed by atoms with E-state index in [1.165, 1.54) is 18.4 Å². The highest BCUT2D eigenvalue weighted by atomic mass is 16.5. The van der Waals surface area contributed by atoms with Crippen LogP contribution in [0.3, 0.4) is 0 Å². The number of aliphatic hydroxyl groups is 1. The summed E-state index contributed by atoms with van der Waals surface area (Å²) in [5.41, 5.74) is 1.88. The van der Waals surface area contributed by atoms with E-state index in [0.29, 0.717) is 31.1 Å². The van der Waals surface area contributed by atoms with E-state index in [1.54, 1.807) is 6.20 Å². The summed E-state index contributed by atoms with van der Waals surface area (Å²) in [5.74, 6) is 2.54. The van der Waals surface area contributed by atoms with E-state index in [4.69, 9.17) is 4.74 Å². The molecule has 4 rings (SSSR count). The second-order valence-electron chi connectivity index (χ2n) is 8.14. The van der Waals surface area contributed by atoms with Crippen molar-refractivity contribution in [3.8, 4) is 0 Å². The molecule has 0 spiro atoms. The van der Waals surface area contributed by atoms with Crippen molar-refractivity contribution in [1.29, 1.82) is 0 Å². The first-order chi connectivity index (χ1) is 11.4. The molecule has 1 aromatic heterocycles. The summed E-state index contributed by atoms with van der Waals surface area (Å²) in [6.07, 6.45) is 8.14. The highest BCUT2D eigenvalue weighted by Crippen LogP contribution is 2.59. The molecule has 0 saturated heterocycles. The molecule has 2 bridgehead atoms. The quantitative estimate of drug-likeness (QED) is 0.741. The van der Waals surface area contributed by atoms with Gasteiger partial charge in [-0.05, 0) is 42.7 Å². The zero-order valence-electron chi connectivity index (χ0n) is 15.4. The zero-order valence-corrected chi connectivity index (χ0v) is 15.4. The molecule has 3 aliphatic rings. The Morgan fingerprint density at radius 3 is 2.92 bits per heavy atom. The summed E-state index contributed by atoms with van der Waals surface area (Å²) >= 11 is 0. The monoisotopic (exact) mass is 333 g/mol. The molecule has 3 aliphatic carbocycles. The van der Waals surface area contributed by atoms with Gasteiger partial charge in [0.05, 0.1) is 25.9 Å². The third-order valence-corrected chi connectivity index (χ3v) is 6.02. The van der Waals surface area contributed by atoms with E-state index in [9.17, 15) is 5.11 Å². The van der Waals surface area contributed by atoms with Crippen LogP contribution in [0.1, 0.15) is 32.5 Å². The smallest absolute Gasteiger partial charge is 0.122 e. The standard InChI is InChI=1S/C19H31N3O2/c1-19(2)15-6-5-14(17(19)9-15)12-24-13-16(23)10-21(3)11-18-20-7-8-22(18)4/h5,7-8,15-17,23H,6,9-13H2,1-4H3. The third kappa shape index (κ3) is 3.58. The molecule has 24 heavy (non-hydrogen) atoms. The number of imidazole rings is 1. The average molecular weight is 333 g/mol. The lowest BCUT2D eigenvalue weighted by atomic mass is 9.49. The molecule has 3 unspecified atom stereocenters. The van der Waals surface area contributed by atoms with E-state index in [-0.39, 0.29) is 0 Å². The van der Waals surface area contributed by atoms with Crippen LogP contribution in [-0.4, -0.2) is 52.5 Å². The maximum atomic E-state index is 10.2. The lowest BCUT2D eigenvalue weighted by Crippen LogP contribution is -2.48. The van der Waals surface area contributed by atoms with E-state index in [0.717, 1.165) is 18.3 Å². The van der Waals surface area contributed by atoms with Gasteiger partial charge in [0.25, 0.3) is 0 Å². The van der Waals surface area contributed by atoms with Crippen molar-refractivity contribution in [3.63, 3.8) is 0 Å². The van der Waals surface area contributed by atoms with Crippen molar-refractivity contribution in [2.75, 3.05) is 26.8 Å². The van der Waals surface area contributed by atoms with Crippen LogP contribution < -0.4 is 0 Å². The minimum atomic E-state index is -0.471. The highest BCUT2D eigenvalue weighted by molar-refractivity contribution is 5.23. The lowest BCUT2D eigenvalue weighted by Gasteiger charge is -2.56. The number of allylic oxidation sites excluding steroid dienone is 1. The van der Waals surface area contributed by atoms with Crippen LogP contribution in [-0.2, 0) is 18.3 Å². The summed E-state index contributed by atoms with van der Waals surface area (Å²) in [6.45, 7) is 7.12. The second kappa shape index (κ2) is 6.98. The Kier molecular flexibility index (Phi) is 5.13. The molecule has 0 aromatic carbocycles. The number of hydrogen-bond acceptors (Lipinski definition) is 4. The molecule has 0 aliphatic heterocycles. The second-order valence-corrected chi connectivity index (χ2v) is 8.14. The van der Waals surface area contributed by atoms with Gasteiger partial charge in [0, 0.05) is 26.0 Å². The number of aliphatic hydroxyl groups excluding tert-OH is 1. The van der Waals surface area contributed by atoms with Gasteiger partial charge in [-0.15, -0.1) is 0 Å². The fraction of sp³-hybridized carbons (Fsp3) is 0.737. The fourth-order valence-corrected chi connectivity index (χ4v) is 4.22. The predicted molar refractivity (Wildman–Crippen MR) is 94.4 cm³/mol. The number of hydrogen-bond donors (Lipinski definition) is 1. The van der Waals surface area contributed by atoms with Gasteiger partial charge in [-0.2, -0.15) is 0 Å². The van der Waals surface area contributed by atoms with E-state index in [2.05, 4.69) is 29.8 Å². The zero-order chi connectivity index (χ0) is 17.3. The first-order valence-electron chi connectivity index (χ1n) is 8.97. The Morgan fingerprint density at radius 1 is 1.50 bits per heavy atom. The highest BCUT2D eigenvalue weighted by Gasteiger charge is 2.50. The molecule has 1 heterocycles. The number of aromatic nitrogens is 2. The van der Waals surface area contributed by atoms with Crippen molar-refractivity contribution in [2.45, 2.75) is 39.3 Å². The van der Waals surface area contributed by atoms with Crippen LogP contribution in [0.15, 0.2) is 24.0 Å². The minimum Gasteiger partial charge on any atom is -0.389 e. The van der Waals surface area contributed by atoms with Crippen molar-refractivity contribution in [1.82, 2.24) is 14.5 Å². The lowest BCUT2D eigenvalue weighted by molar-refractivity contribution is -0.0258. The van der Waals surface area contributed by atoms with Gasteiger partial charge >= 0.3 is 0 Å². The molecule has 3 atom stereocenters. The largest absolute Gasteiger partial charge is 0.389 e. The number of likely N-dealkylation sites (N-methyl/N-ethyl adjacent to an activating group) is 1. The van der Waals surface area contributed by atoms with Crippen molar-refractivity contribution >= 4 is 0 Å². The first-order valence-corrected chi connectivity index (χ1v) is 8.97. The van der Waals surface area contributed by atoms with Crippen molar-refractivity contribution in [3.05, 3.63) is 29.9 Å². The van der Waals surface area contributed by atoms with E-state index in [1.807, 2.05) is 24.9 Å². The van der Waals surface area contributed by atoms with Crippen LogP contribution in [0.2, 0.25) is 0 Å². The number of nitrogens with zero attached hydrogens (tertiary/aromatic N) is 3. The van der Waals surface area contributed by atoms with Crippen LogP contribution in [0.4, 0.5) is 0 Å². The van der Waals surface area contributed by atoms with Crippen molar-refractivity contribution in [2.24, 2.45) is 24.3 Å². The summed E-state index contributed by atoms with van der Waals surface area (Å²) in [6, 6.07) is 0. The Bertz CT molecular complexity index is 593. The van der Waals surface area contributed by atoms with Crippen LogP contribution in [0.25, 0.3) is 0 Å². The van der Waals surface area contributed by atoms with Crippen LogP contribution in [0, 0.1) is 17.3 Å². The van der Waals surface area contributed by atoms with Gasteiger partial charge < -0.3 is 14.4 Å². The maximum absolute atomic E-state index is 10.2. The molecule has 5 heteroatoms. The van der Waals surface area contributed by atoms with E-state index < -0.39 is 6.10 Å². The molecule has 1 fully saturated rings. The molecule has 0 radical (unpaired) electrons. The number of fused-ring (bicyclic) bond motifs is 1. The minimum absolute atomic E-state index is 0.388. The number of rotatable bonds is 8. The average Bonchev–Trinajstić information content (AvgIpc) is 2.92. The predicted octanol–water partition coefficient (Wildman–Crippen LogP) is 2.22. The summed E-state index contributed by atoms with van der Waals surface area (Å²) in [4.78, 5) is 6.39. The number of aryl methyl sites for hydroxylation is 1. The Balaban J connectivity index is 1.38. The van der Waals surface area contributed by atoms with Crippen molar-refractivity contribution < 1.29 is 9.84 Å².